The first kappa shape index (κ1) is 15.3. The van der Waals surface area contributed by atoms with Crippen LogP contribution in [0.4, 0.5) is 0 Å². The summed E-state index contributed by atoms with van der Waals surface area (Å²) in [6, 6.07) is -0.403. The Kier molecular flexibility index (Phi) is 9.18. The third-order valence-electron chi connectivity index (χ3n) is 2.41. The van der Waals surface area contributed by atoms with E-state index in [4.69, 9.17) is 15.2 Å². The van der Waals surface area contributed by atoms with Crippen LogP contribution in [0.3, 0.4) is 0 Å². The molecule has 0 saturated heterocycles. The summed E-state index contributed by atoms with van der Waals surface area (Å²) < 4.78 is 9.94. The van der Waals surface area contributed by atoms with Crippen molar-refractivity contribution in [2.75, 3.05) is 40.5 Å². The van der Waals surface area contributed by atoms with E-state index in [2.05, 4.69) is 0 Å². The lowest BCUT2D eigenvalue weighted by Crippen LogP contribution is -2.45. The van der Waals surface area contributed by atoms with Crippen LogP contribution in [-0.2, 0) is 14.3 Å². The van der Waals surface area contributed by atoms with Crippen molar-refractivity contribution in [3.8, 4) is 0 Å². The summed E-state index contributed by atoms with van der Waals surface area (Å²) >= 11 is 0. The van der Waals surface area contributed by atoms with E-state index in [-0.39, 0.29) is 5.91 Å². The predicted molar refractivity (Wildman–Crippen MR) is 63.2 cm³/mol. The predicted octanol–water partition coefficient (Wildman–Crippen LogP) is 0.235. The van der Waals surface area contributed by atoms with Crippen molar-refractivity contribution in [3.63, 3.8) is 0 Å². The van der Waals surface area contributed by atoms with Gasteiger partial charge in [-0.2, -0.15) is 0 Å². The van der Waals surface area contributed by atoms with E-state index in [1.807, 2.05) is 6.92 Å². The topological polar surface area (TPSA) is 64.8 Å². The number of rotatable bonds is 9. The molecule has 0 aromatic heterocycles. The molecule has 5 nitrogen and oxygen atoms in total. The molecule has 0 aromatic rings. The molecule has 0 aliphatic carbocycles. The molecule has 1 amide bonds. The highest BCUT2D eigenvalue weighted by molar-refractivity contribution is 5.81. The Hall–Kier alpha value is -0.650. The van der Waals surface area contributed by atoms with Gasteiger partial charge in [-0.25, -0.2) is 0 Å². The lowest BCUT2D eigenvalue weighted by atomic mass is 10.2. The first-order chi connectivity index (χ1) is 7.67. The molecule has 96 valence electrons. The molecule has 0 heterocycles. The summed E-state index contributed by atoms with van der Waals surface area (Å²) in [4.78, 5) is 13.6. The number of carbonyl (C=O) groups excluding carboxylic acids is 1. The van der Waals surface area contributed by atoms with Crippen LogP contribution in [0.5, 0.6) is 0 Å². The third kappa shape index (κ3) is 6.05. The molecule has 16 heavy (non-hydrogen) atoms. The lowest BCUT2D eigenvalue weighted by Gasteiger charge is -2.25. The fraction of sp³-hybridized carbons (Fsp3) is 0.909. The molecule has 0 bridgehead atoms. The summed E-state index contributed by atoms with van der Waals surface area (Å²) in [5.41, 5.74) is 5.73. The Balaban J connectivity index is 4.12. The molecular weight excluding hydrogens is 208 g/mol. The van der Waals surface area contributed by atoms with E-state index < -0.39 is 6.04 Å². The van der Waals surface area contributed by atoms with E-state index >= 15 is 0 Å². The van der Waals surface area contributed by atoms with Crippen molar-refractivity contribution in [1.29, 1.82) is 0 Å². The van der Waals surface area contributed by atoms with Crippen LogP contribution < -0.4 is 5.73 Å². The first-order valence-corrected chi connectivity index (χ1v) is 5.69. The van der Waals surface area contributed by atoms with Gasteiger partial charge in [0.25, 0.3) is 0 Å². The van der Waals surface area contributed by atoms with Gasteiger partial charge in [0.05, 0.1) is 12.6 Å². The van der Waals surface area contributed by atoms with Crippen molar-refractivity contribution in [1.82, 2.24) is 4.90 Å². The smallest absolute Gasteiger partial charge is 0.239 e. The van der Waals surface area contributed by atoms with Crippen LogP contribution in [0, 0.1) is 0 Å². The molecule has 1 atom stereocenters. The molecule has 2 N–H and O–H groups in total. The van der Waals surface area contributed by atoms with Gasteiger partial charge in [-0.3, -0.25) is 4.79 Å². The number of nitrogens with zero attached hydrogens (tertiary/aromatic N) is 1. The maximum atomic E-state index is 11.9. The third-order valence-corrected chi connectivity index (χ3v) is 2.41. The molecular formula is C11H24N2O3. The number of amides is 1. The van der Waals surface area contributed by atoms with Crippen molar-refractivity contribution < 1.29 is 14.3 Å². The molecule has 0 unspecified atom stereocenters. The summed E-state index contributed by atoms with van der Waals surface area (Å²) in [5.74, 6) is -0.00402. The molecule has 0 rings (SSSR count). The normalized spacial score (nSPS) is 12.5. The highest BCUT2D eigenvalue weighted by atomic mass is 16.5. The summed E-state index contributed by atoms with van der Waals surface area (Å²) in [7, 11) is 3.27. The molecule has 5 heteroatoms. The Labute approximate surface area is 97.9 Å². The summed E-state index contributed by atoms with van der Waals surface area (Å²) in [5, 5.41) is 0. The Morgan fingerprint density at radius 3 is 2.38 bits per heavy atom. The molecule has 0 aromatic carbocycles. The van der Waals surface area contributed by atoms with Gasteiger partial charge in [0, 0.05) is 33.9 Å². The zero-order chi connectivity index (χ0) is 12.4. The van der Waals surface area contributed by atoms with E-state index in [1.54, 1.807) is 19.1 Å². The van der Waals surface area contributed by atoms with E-state index in [1.165, 1.54) is 0 Å². The highest BCUT2D eigenvalue weighted by Crippen LogP contribution is 1.99. The van der Waals surface area contributed by atoms with Crippen LogP contribution in [0.2, 0.25) is 0 Å². The van der Waals surface area contributed by atoms with Gasteiger partial charge < -0.3 is 20.1 Å². The Morgan fingerprint density at radius 1 is 1.25 bits per heavy atom. The van der Waals surface area contributed by atoms with Crippen molar-refractivity contribution in [3.05, 3.63) is 0 Å². The number of methoxy groups -OCH3 is 2. The molecule has 0 aliphatic heterocycles. The fourth-order valence-corrected chi connectivity index (χ4v) is 1.34. The average Bonchev–Trinajstić information content (AvgIpc) is 2.31. The second kappa shape index (κ2) is 9.57. The van der Waals surface area contributed by atoms with Gasteiger partial charge in [-0.15, -0.1) is 0 Å². The minimum atomic E-state index is -0.403. The van der Waals surface area contributed by atoms with Crippen LogP contribution >= 0.6 is 0 Å². The van der Waals surface area contributed by atoms with Crippen LogP contribution in [0.25, 0.3) is 0 Å². The summed E-state index contributed by atoms with van der Waals surface area (Å²) in [6.45, 7) is 4.36. The Morgan fingerprint density at radius 2 is 1.88 bits per heavy atom. The molecule has 0 fully saturated rings. The van der Waals surface area contributed by atoms with Crippen molar-refractivity contribution >= 4 is 5.91 Å². The quantitative estimate of drug-likeness (QED) is 0.578. The minimum Gasteiger partial charge on any atom is -0.385 e. The maximum absolute atomic E-state index is 11.9. The molecule has 0 spiro atoms. The molecule has 0 saturated carbocycles. The van der Waals surface area contributed by atoms with Crippen LogP contribution in [-0.4, -0.2) is 57.4 Å². The second-order valence-corrected chi connectivity index (χ2v) is 3.68. The molecule has 0 aliphatic rings. The van der Waals surface area contributed by atoms with Gasteiger partial charge in [0.2, 0.25) is 5.91 Å². The van der Waals surface area contributed by atoms with Crippen molar-refractivity contribution in [2.24, 2.45) is 5.73 Å². The average molecular weight is 232 g/mol. The first-order valence-electron chi connectivity index (χ1n) is 5.69. The highest BCUT2D eigenvalue weighted by Gasteiger charge is 2.18. The Bertz CT molecular complexity index is 188. The van der Waals surface area contributed by atoms with Gasteiger partial charge in [0.1, 0.15) is 0 Å². The van der Waals surface area contributed by atoms with E-state index in [9.17, 15) is 4.79 Å². The number of ether oxygens (including phenoxy) is 2. The van der Waals surface area contributed by atoms with Crippen LogP contribution in [0.15, 0.2) is 0 Å². The van der Waals surface area contributed by atoms with Crippen LogP contribution in [0.1, 0.15) is 19.8 Å². The minimum absolute atomic E-state index is 0.00402. The SMILES string of the molecule is CC[C@H](N)C(=O)N(CCCOC)CCOC. The zero-order valence-corrected chi connectivity index (χ0v) is 10.6. The van der Waals surface area contributed by atoms with Gasteiger partial charge in [0.15, 0.2) is 0 Å². The maximum Gasteiger partial charge on any atom is 0.239 e. The lowest BCUT2D eigenvalue weighted by molar-refractivity contribution is -0.133. The van der Waals surface area contributed by atoms with E-state index in [0.29, 0.717) is 32.7 Å². The van der Waals surface area contributed by atoms with Gasteiger partial charge >= 0.3 is 0 Å². The largest absolute Gasteiger partial charge is 0.385 e. The zero-order valence-electron chi connectivity index (χ0n) is 10.6. The molecule has 0 radical (unpaired) electrons. The fourth-order valence-electron chi connectivity index (χ4n) is 1.34. The summed E-state index contributed by atoms with van der Waals surface area (Å²) in [6.07, 6.45) is 1.48. The standard InChI is InChI=1S/C11H24N2O3/c1-4-10(12)11(14)13(7-9-16-3)6-5-8-15-2/h10H,4-9,12H2,1-3H3/t10-/m0/s1. The second-order valence-electron chi connectivity index (χ2n) is 3.68. The van der Waals surface area contributed by atoms with Gasteiger partial charge in [-0.1, -0.05) is 6.92 Å². The number of carbonyl (C=O) groups is 1. The van der Waals surface area contributed by atoms with E-state index in [0.717, 1.165) is 6.42 Å². The van der Waals surface area contributed by atoms with Crippen molar-refractivity contribution in [2.45, 2.75) is 25.8 Å². The number of hydrogen-bond donors (Lipinski definition) is 1. The number of hydrogen-bond acceptors (Lipinski definition) is 4. The monoisotopic (exact) mass is 232 g/mol. The number of nitrogens with two attached hydrogens (primary N) is 1. The van der Waals surface area contributed by atoms with Gasteiger partial charge in [-0.05, 0) is 12.8 Å².